The lowest BCUT2D eigenvalue weighted by atomic mass is 9.99. The molecule has 2 heterocycles. The molecule has 5 nitrogen and oxygen atoms in total. The Morgan fingerprint density at radius 3 is 2.86 bits per heavy atom. The Morgan fingerprint density at radius 2 is 2.14 bits per heavy atom. The monoisotopic (exact) mass is 317 g/mol. The minimum absolute atomic E-state index is 0.0865. The standard InChI is InChI=1S/C16H19N3O2S/c1-11-3-6-13(7-4-11)22-10-15-18-17-14-8-5-12(9-19(14)15)16(20)21-2/h3-4,6-7,12H,5,8-10H2,1-2H3. The lowest BCUT2D eigenvalue weighted by molar-refractivity contribution is -0.146. The van der Waals surface area contributed by atoms with Gasteiger partial charge in [-0.3, -0.25) is 4.79 Å². The van der Waals surface area contributed by atoms with Gasteiger partial charge in [0, 0.05) is 17.9 Å². The third-order valence-electron chi connectivity index (χ3n) is 3.95. The third-order valence-corrected chi connectivity index (χ3v) is 4.95. The predicted octanol–water partition coefficient (Wildman–Crippen LogP) is 2.61. The van der Waals surface area contributed by atoms with E-state index >= 15 is 0 Å². The van der Waals surface area contributed by atoms with E-state index in [2.05, 4.69) is 46.0 Å². The molecule has 0 bridgehead atoms. The van der Waals surface area contributed by atoms with E-state index in [4.69, 9.17) is 4.74 Å². The normalized spacial score (nSPS) is 17.1. The minimum Gasteiger partial charge on any atom is -0.469 e. The van der Waals surface area contributed by atoms with Crippen LogP contribution in [0.3, 0.4) is 0 Å². The molecule has 6 heteroatoms. The number of hydrogen-bond acceptors (Lipinski definition) is 5. The molecule has 1 aromatic carbocycles. The van der Waals surface area contributed by atoms with E-state index in [1.807, 2.05) is 0 Å². The van der Waals surface area contributed by atoms with Crippen LogP contribution >= 0.6 is 11.8 Å². The Kier molecular flexibility index (Phi) is 4.47. The summed E-state index contributed by atoms with van der Waals surface area (Å²) in [5, 5.41) is 8.54. The molecular formula is C16H19N3O2S. The summed E-state index contributed by atoms with van der Waals surface area (Å²) < 4.78 is 6.94. The SMILES string of the molecule is COC(=O)C1CCc2nnc(CSc3ccc(C)cc3)n2C1. The van der Waals surface area contributed by atoms with Crippen molar-refractivity contribution in [2.24, 2.45) is 5.92 Å². The van der Waals surface area contributed by atoms with Gasteiger partial charge in [-0.2, -0.15) is 0 Å². The molecule has 0 saturated heterocycles. The summed E-state index contributed by atoms with van der Waals surface area (Å²) in [5.41, 5.74) is 1.25. The number of rotatable bonds is 4. The maximum atomic E-state index is 11.7. The molecule has 0 amide bonds. The molecule has 0 N–H and O–H groups in total. The second kappa shape index (κ2) is 6.52. The van der Waals surface area contributed by atoms with Gasteiger partial charge >= 0.3 is 5.97 Å². The van der Waals surface area contributed by atoms with E-state index in [1.54, 1.807) is 11.8 Å². The van der Waals surface area contributed by atoms with Crippen molar-refractivity contribution < 1.29 is 9.53 Å². The van der Waals surface area contributed by atoms with Gasteiger partial charge in [-0.05, 0) is 25.5 Å². The van der Waals surface area contributed by atoms with E-state index in [1.165, 1.54) is 17.6 Å². The zero-order valence-corrected chi connectivity index (χ0v) is 13.6. The highest BCUT2D eigenvalue weighted by atomic mass is 32.2. The van der Waals surface area contributed by atoms with E-state index in [-0.39, 0.29) is 11.9 Å². The number of carbonyl (C=O) groups excluding carboxylic acids is 1. The summed E-state index contributed by atoms with van der Waals surface area (Å²) in [6.07, 6.45) is 1.57. The number of methoxy groups -OCH3 is 1. The Hall–Kier alpha value is -1.82. The number of benzene rings is 1. The summed E-state index contributed by atoms with van der Waals surface area (Å²) in [5.74, 6) is 2.42. The van der Waals surface area contributed by atoms with Crippen molar-refractivity contribution in [3.05, 3.63) is 41.5 Å². The number of nitrogens with zero attached hydrogens (tertiary/aromatic N) is 3. The van der Waals surface area contributed by atoms with Crippen LogP contribution in [0.2, 0.25) is 0 Å². The molecule has 1 aliphatic heterocycles. The van der Waals surface area contributed by atoms with Crippen molar-refractivity contribution in [1.82, 2.24) is 14.8 Å². The first-order valence-corrected chi connectivity index (χ1v) is 8.34. The summed E-state index contributed by atoms with van der Waals surface area (Å²) in [6.45, 7) is 2.70. The van der Waals surface area contributed by atoms with Crippen LogP contribution < -0.4 is 0 Å². The Morgan fingerprint density at radius 1 is 1.36 bits per heavy atom. The molecular weight excluding hydrogens is 298 g/mol. The maximum absolute atomic E-state index is 11.7. The molecule has 0 spiro atoms. The molecule has 2 aromatic rings. The third kappa shape index (κ3) is 3.16. The van der Waals surface area contributed by atoms with Crippen LogP contribution in [0.15, 0.2) is 29.2 Å². The van der Waals surface area contributed by atoms with Gasteiger partial charge in [-0.25, -0.2) is 0 Å². The number of fused-ring (bicyclic) bond motifs is 1. The second-order valence-corrected chi connectivity index (χ2v) is 6.55. The molecule has 22 heavy (non-hydrogen) atoms. The van der Waals surface area contributed by atoms with Crippen molar-refractivity contribution in [3.63, 3.8) is 0 Å². The second-order valence-electron chi connectivity index (χ2n) is 5.50. The number of hydrogen-bond donors (Lipinski definition) is 0. The minimum atomic E-state index is -0.142. The average Bonchev–Trinajstić information content (AvgIpc) is 2.96. The zero-order chi connectivity index (χ0) is 15.5. The maximum Gasteiger partial charge on any atom is 0.310 e. The summed E-state index contributed by atoms with van der Waals surface area (Å²) in [4.78, 5) is 13.0. The Labute approximate surface area is 134 Å². The highest BCUT2D eigenvalue weighted by Crippen LogP contribution is 2.26. The molecule has 1 unspecified atom stereocenters. The summed E-state index contributed by atoms with van der Waals surface area (Å²) in [6, 6.07) is 8.44. The topological polar surface area (TPSA) is 57.0 Å². The number of carbonyl (C=O) groups is 1. The highest BCUT2D eigenvalue weighted by Gasteiger charge is 2.28. The lowest BCUT2D eigenvalue weighted by Gasteiger charge is -2.22. The molecule has 1 atom stereocenters. The van der Waals surface area contributed by atoms with Crippen molar-refractivity contribution in [1.29, 1.82) is 0 Å². The van der Waals surface area contributed by atoms with Gasteiger partial charge in [0.1, 0.15) is 11.6 Å². The fourth-order valence-electron chi connectivity index (χ4n) is 2.63. The van der Waals surface area contributed by atoms with Crippen molar-refractivity contribution in [2.45, 2.75) is 37.0 Å². The van der Waals surface area contributed by atoms with Gasteiger partial charge in [0.15, 0.2) is 0 Å². The fourth-order valence-corrected chi connectivity index (χ4v) is 3.47. The Balaban J connectivity index is 1.70. The van der Waals surface area contributed by atoms with Crippen LogP contribution in [0.4, 0.5) is 0 Å². The number of aromatic nitrogens is 3. The van der Waals surface area contributed by atoms with Gasteiger partial charge in [0.25, 0.3) is 0 Å². The van der Waals surface area contributed by atoms with Crippen molar-refractivity contribution >= 4 is 17.7 Å². The van der Waals surface area contributed by atoms with E-state index in [9.17, 15) is 4.79 Å². The summed E-state index contributed by atoms with van der Waals surface area (Å²) in [7, 11) is 1.44. The van der Waals surface area contributed by atoms with E-state index in [0.29, 0.717) is 6.54 Å². The lowest BCUT2D eigenvalue weighted by Crippen LogP contribution is -2.28. The molecule has 0 radical (unpaired) electrons. The highest BCUT2D eigenvalue weighted by molar-refractivity contribution is 7.98. The largest absolute Gasteiger partial charge is 0.469 e. The molecule has 0 aliphatic carbocycles. The number of ether oxygens (including phenoxy) is 1. The number of thioether (sulfide) groups is 1. The molecule has 1 aromatic heterocycles. The first-order valence-electron chi connectivity index (χ1n) is 7.35. The number of aryl methyl sites for hydroxylation is 2. The van der Waals surface area contributed by atoms with Crippen LogP contribution in [0.25, 0.3) is 0 Å². The van der Waals surface area contributed by atoms with Crippen LogP contribution in [0.1, 0.15) is 23.6 Å². The molecule has 3 rings (SSSR count). The molecule has 1 aliphatic rings. The molecule has 116 valence electrons. The first-order chi connectivity index (χ1) is 10.7. The van der Waals surface area contributed by atoms with Gasteiger partial charge in [-0.1, -0.05) is 17.7 Å². The molecule has 0 fully saturated rings. The predicted molar refractivity (Wildman–Crippen MR) is 84.6 cm³/mol. The number of esters is 1. The zero-order valence-electron chi connectivity index (χ0n) is 12.8. The van der Waals surface area contributed by atoms with Gasteiger partial charge < -0.3 is 9.30 Å². The fraction of sp³-hybridized carbons (Fsp3) is 0.438. The van der Waals surface area contributed by atoms with E-state index in [0.717, 1.165) is 30.2 Å². The van der Waals surface area contributed by atoms with Gasteiger partial charge in [0.05, 0.1) is 18.8 Å². The Bertz CT molecular complexity index is 667. The smallest absolute Gasteiger partial charge is 0.310 e. The first kappa shape index (κ1) is 15.1. The van der Waals surface area contributed by atoms with Crippen LogP contribution in [0.5, 0.6) is 0 Å². The quantitative estimate of drug-likeness (QED) is 0.641. The average molecular weight is 317 g/mol. The van der Waals surface area contributed by atoms with Crippen LogP contribution in [-0.2, 0) is 28.2 Å². The van der Waals surface area contributed by atoms with Crippen molar-refractivity contribution in [2.75, 3.05) is 7.11 Å². The van der Waals surface area contributed by atoms with Crippen molar-refractivity contribution in [3.8, 4) is 0 Å². The molecule has 0 saturated carbocycles. The van der Waals surface area contributed by atoms with Crippen LogP contribution in [-0.4, -0.2) is 27.8 Å². The van der Waals surface area contributed by atoms with Crippen LogP contribution in [0, 0.1) is 12.8 Å². The van der Waals surface area contributed by atoms with E-state index < -0.39 is 0 Å². The van der Waals surface area contributed by atoms with Gasteiger partial charge in [-0.15, -0.1) is 22.0 Å². The van der Waals surface area contributed by atoms with Gasteiger partial charge in [0.2, 0.25) is 0 Å². The summed E-state index contributed by atoms with van der Waals surface area (Å²) >= 11 is 1.74.